The van der Waals surface area contributed by atoms with E-state index in [9.17, 15) is 0 Å². The molecular weight excluding hydrogens is 583 g/mol. The van der Waals surface area contributed by atoms with Crippen LogP contribution in [-0.2, 0) is 17.3 Å². The Balaban J connectivity index is 1.36. The second-order valence-electron chi connectivity index (χ2n) is 15.9. The third-order valence-electron chi connectivity index (χ3n) is 10.6. The molecule has 9 rings (SSSR count). The van der Waals surface area contributed by atoms with Gasteiger partial charge in [0.1, 0.15) is 5.58 Å². The van der Waals surface area contributed by atoms with E-state index in [0.29, 0.717) is 0 Å². The van der Waals surface area contributed by atoms with E-state index in [0.717, 1.165) is 34.4 Å². The highest BCUT2D eigenvalue weighted by Gasteiger charge is 2.49. The maximum atomic E-state index is 7.01. The van der Waals surface area contributed by atoms with Crippen LogP contribution in [-0.4, -0.2) is 6.71 Å². The fourth-order valence-corrected chi connectivity index (χ4v) is 8.23. The summed E-state index contributed by atoms with van der Waals surface area (Å²) in [6.45, 7) is 15.9. The van der Waals surface area contributed by atoms with Crippen LogP contribution in [0, 0.1) is 6.92 Å². The second kappa shape index (κ2) is 10.0. The molecule has 2 aliphatic heterocycles. The predicted molar refractivity (Wildman–Crippen MR) is 204 cm³/mol. The van der Waals surface area contributed by atoms with Crippen LogP contribution in [0.5, 0.6) is 0 Å². The van der Waals surface area contributed by atoms with Crippen molar-refractivity contribution in [3.05, 3.63) is 142 Å². The molecule has 1 aromatic heterocycles. The van der Waals surface area contributed by atoms with Crippen LogP contribution in [0.4, 0.5) is 28.4 Å². The van der Waals surface area contributed by atoms with E-state index < -0.39 is 0 Å². The molecule has 0 saturated heterocycles. The van der Waals surface area contributed by atoms with E-state index in [-0.39, 0.29) is 17.5 Å². The van der Waals surface area contributed by atoms with Gasteiger partial charge in [-0.2, -0.15) is 0 Å². The highest BCUT2D eigenvalue weighted by atomic mass is 16.3. The third kappa shape index (κ3) is 4.21. The molecule has 3 aliphatic rings. The number of fused-ring (bicyclic) bond motifs is 7. The number of hydrogen-bond acceptors (Lipinski definition) is 3. The summed E-state index contributed by atoms with van der Waals surface area (Å²) in [6.07, 6.45) is 0.899. The number of rotatable bonds is 2. The van der Waals surface area contributed by atoms with Gasteiger partial charge in [0.25, 0.3) is 6.71 Å². The standard InChI is InChI=1S/C44H41BN2O/c1-27-24-36-39-37(25-27)47(32-22-18-30(19-23-32)44(5,6)7)41-34-14-10-11-15-38(34)48-42(41)45(39)35-26-28-12-8-9-13-33(28)40(35)46(36)31-20-16-29(17-21-31)43(2,3)4/h8-25H,26H2,1-7H3. The Morgan fingerprint density at radius 3 is 1.85 bits per heavy atom. The van der Waals surface area contributed by atoms with Gasteiger partial charge < -0.3 is 14.2 Å². The lowest BCUT2D eigenvalue weighted by Crippen LogP contribution is -2.55. The summed E-state index contributed by atoms with van der Waals surface area (Å²) in [4.78, 5) is 5.02. The number of anilines is 5. The van der Waals surface area contributed by atoms with Crippen molar-refractivity contribution in [2.75, 3.05) is 9.80 Å². The maximum absolute atomic E-state index is 7.01. The monoisotopic (exact) mass is 624 g/mol. The molecule has 0 amide bonds. The normalized spacial score (nSPS) is 15.1. The molecule has 0 radical (unpaired) electrons. The molecule has 0 unspecified atom stereocenters. The molecule has 0 spiro atoms. The molecule has 3 heterocycles. The van der Waals surface area contributed by atoms with Gasteiger partial charge in [-0.3, -0.25) is 0 Å². The van der Waals surface area contributed by atoms with Gasteiger partial charge in [-0.25, -0.2) is 0 Å². The number of nitrogens with zero attached hydrogens (tertiary/aromatic N) is 2. The molecule has 3 nitrogen and oxygen atoms in total. The smallest absolute Gasteiger partial charge is 0.293 e. The molecular formula is C44H41BN2O. The van der Waals surface area contributed by atoms with Crippen molar-refractivity contribution in [2.45, 2.75) is 65.7 Å². The van der Waals surface area contributed by atoms with E-state index >= 15 is 0 Å². The molecule has 0 atom stereocenters. The molecule has 1 aliphatic carbocycles. The van der Waals surface area contributed by atoms with Gasteiger partial charge in [0.2, 0.25) is 0 Å². The van der Waals surface area contributed by atoms with Crippen molar-refractivity contribution >= 4 is 62.9 Å². The average molecular weight is 625 g/mol. The molecule has 4 heteroatoms. The van der Waals surface area contributed by atoms with Crippen LogP contribution in [0.2, 0.25) is 0 Å². The zero-order valence-electron chi connectivity index (χ0n) is 29.0. The summed E-state index contributed by atoms with van der Waals surface area (Å²) in [6, 6.07) is 40.8. The number of allylic oxidation sites excluding steroid dienone is 1. The predicted octanol–water partition coefficient (Wildman–Crippen LogP) is 10.4. The first kappa shape index (κ1) is 29.2. The Morgan fingerprint density at radius 1 is 0.646 bits per heavy atom. The molecule has 6 aromatic rings. The second-order valence-corrected chi connectivity index (χ2v) is 15.9. The highest BCUT2D eigenvalue weighted by molar-refractivity contribution is 6.95. The van der Waals surface area contributed by atoms with Crippen LogP contribution in [0.25, 0.3) is 16.7 Å². The lowest BCUT2D eigenvalue weighted by molar-refractivity contribution is 0.590. The summed E-state index contributed by atoms with van der Waals surface area (Å²) in [5.74, 6) is 0. The maximum Gasteiger partial charge on any atom is 0.293 e. The summed E-state index contributed by atoms with van der Waals surface area (Å²) < 4.78 is 7.01. The minimum Gasteiger partial charge on any atom is -0.468 e. The molecule has 0 fully saturated rings. The summed E-state index contributed by atoms with van der Waals surface area (Å²) in [5, 5.41) is 1.15. The number of para-hydroxylation sites is 1. The van der Waals surface area contributed by atoms with Crippen molar-refractivity contribution in [3.63, 3.8) is 0 Å². The van der Waals surface area contributed by atoms with E-state index in [1.54, 1.807) is 0 Å². The van der Waals surface area contributed by atoms with Gasteiger partial charge in [-0.1, -0.05) is 108 Å². The van der Waals surface area contributed by atoms with Gasteiger partial charge >= 0.3 is 0 Å². The fraction of sp³-hybridized carbons (Fsp3) is 0.227. The van der Waals surface area contributed by atoms with Gasteiger partial charge in [-0.15, -0.1) is 0 Å². The highest BCUT2D eigenvalue weighted by Crippen LogP contribution is 2.51. The number of furan rings is 1. The van der Waals surface area contributed by atoms with E-state index in [2.05, 4.69) is 167 Å². The Hall–Kier alpha value is -4.96. The first-order chi connectivity index (χ1) is 23.0. The summed E-state index contributed by atoms with van der Waals surface area (Å²) in [7, 11) is 0. The zero-order chi connectivity index (χ0) is 33.1. The minimum absolute atomic E-state index is 0.00981. The summed E-state index contributed by atoms with van der Waals surface area (Å²) >= 11 is 0. The quantitative estimate of drug-likeness (QED) is 0.179. The van der Waals surface area contributed by atoms with Crippen molar-refractivity contribution < 1.29 is 4.42 Å². The molecule has 5 aromatic carbocycles. The fourth-order valence-electron chi connectivity index (χ4n) is 8.23. The largest absolute Gasteiger partial charge is 0.468 e. The van der Waals surface area contributed by atoms with E-state index in [1.165, 1.54) is 61.5 Å². The Labute approximate surface area is 284 Å². The number of hydrogen-bond donors (Lipinski definition) is 0. The molecule has 0 saturated carbocycles. The van der Waals surface area contributed by atoms with Crippen molar-refractivity contribution in [1.29, 1.82) is 0 Å². The topological polar surface area (TPSA) is 19.6 Å². The van der Waals surface area contributed by atoms with Gasteiger partial charge in [0, 0.05) is 39.4 Å². The van der Waals surface area contributed by atoms with Crippen LogP contribution in [0.15, 0.2) is 119 Å². The Kier molecular flexibility index (Phi) is 6.10. The molecule has 0 N–H and O–H groups in total. The van der Waals surface area contributed by atoms with Crippen molar-refractivity contribution in [3.8, 4) is 0 Å². The lowest BCUT2D eigenvalue weighted by atomic mass is 9.34. The third-order valence-corrected chi connectivity index (χ3v) is 10.6. The lowest BCUT2D eigenvalue weighted by Gasteiger charge is -2.42. The number of benzene rings is 5. The van der Waals surface area contributed by atoms with E-state index in [1.807, 2.05) is 0 Å². The molecule has 236 valence electrons. The first-order valence-corrected chi connectivity index (χ1v) is 17.3. The van der Waals surface area contributed by atoms with Crippen LogP contribution in [0.3, 0.4) is 0 Å². The molecule has 48 heavy (non-hydrogen) atoms. The first-order valence-electron chi connectivity index (χ1n) is 17.3. The van der Waals surface area contributed by atoms with E-state index in [4.69, 9.17) is 4.42 Å². The van der Waals surface area contributed by atoms with Crippen molar-refractivity contribution in [2.24, 2.45) is 0 Å². The Bertz CT molecular complexity index is 2290. The van der Waals surface area contributed by atoms with Crippen LogP contribution < -0.4 is 20.9 Å². The summed E-state index contributed by atoms with van der Waals surface area (Å²) in [5.41, 5.74) is 18.7. The van der Waals surface area contributed by atoms with Crippen LogP contribution in [0.1, 0.15) is 69.4 Å². The SMILES string of the molecule is Cc1cc2c3c(c1)N(c1ccc(C(C)(C)C)cc1)c1c(oc4ccccc14)B3C1=C(c3ccccc3C1)N2c1ccc(C(C)(C)C)cc1. The van der Waals surface area contributed by atoms with Gasteiger partial charge in [0.15, 0.2) is 0 Å². The minimum atomic E-state index is 0.00981. The van der Waals surface area contributed by atoms with Crippen LogP contribution >= 0.6 is 0 Å². The average Bonchev–Trinajstić information content (AvgIpc) is 3.63. The molecule has 0 bridgehead atoms. The van der Waals surface area contributed by atoms with Crippen molar-refractivity contribution in [1.82, 2.24) is 0 Å². The van der Waals surface area contributed by atoms with Gasteiger partial charge in [0.05, 0.1) is 11.3 Å². The van der Waals surface area contributed by atoms with Gasteiger partial charge in [-0.05, 0) is 100 Å². The Morgan fingerprint density at radius 2 is 1.21 bits per heavy atom. The zero-order valence-corrected chi connectivity index (χ0v) is 29.0. The number of aryl methyl sites for hydroxylation is 1.